The van der Waals surface area contributed by atoms with Crippen LogP contribution in [0, 0.1) is 12.8 Å². The number of benzene rings is 1. The predicted octanol–water partition coefficient (Wildman–Crippen LogP) is 2.45. The second-order valence-corrected chi connectivity index (χ2v) is 8.16. The van der Waals surface area contributed by atoms with E-state index in [0.717, 1.165) is 30.3 Å². The van der Waals surface area contributed by atoms with Crippen molar-refractivity contribution in [2.24, 2.45) is 5.92 Å². The maximum absolute atomic E-state index is 12.8. The molecule has 2 amide bonds. The normalized spacial score (nSPS) is 18.9. The van der Waals surface area contributed by atoms with Crippen molar-refractivity contribution < 1.29 is 14.3 Å². The largest absolute Gasteiger partial charge is 0.497 e. The highest BCUT2D eigenvalue weighted by Gasteiger charge is 2.35. The van der Waals surface area contributed by atoms with Crippen LogP contribution in [0.3, 0.4) is 0 Å². The fraction of sp³-hybridized carbons (Fsp3) is 0.478. The standard InChI is InChI=1S/C23H29N5O3/c1-16-11-21(27-9-4-3-5-10-27)26-20(25-16)14-24-23(30)17-12-22(29)28(15-17)18-7-6-8-19(13-18)31-2/h6-8,11,13,17H,3-5,9-10,12,14-15H2,1-2H3,(H,24,30). The molecule has 4 rings (SSSR count). The molecule has 2 aromatic rings. The van der Waals surface area contributed by atoms with E-state index in [-0.39, 0.29) is 24.8 Å². The Bertz CT molecular complexity index is 958. The van der Waals surface area contributed by atoms with Gasteiger partial charge in [-0.05, 0) is 38.3 Å². The first-order chi connectivity index (χ1) is 15.0. The van der Waals surface area contributed by atoms with Gasteiger partial charge in [-0.3, -0.25) is 9.59 Å². The van der Waals surface area contributed by atoms with E-state index in [9.17, 15) is 9.59 Å². The van der Waals surface area contributed by atoms with Crippen molar-refractivity contribution in [3.63, 3.8) is 0 Å². The molecule has 31 heavy (non-hydrogen) atoms. The molecule has 0 bridgehead atoms. The van der Waals surface area contributed by atoms with Crippen LogP contribution >= 0.6 is 0 Å². The molecule has 2 fully saturated rings. The number of carbonyl (C=O) groups is 2. The smallest absolute Gasteiger partial charge is 0.227 e. The van der Waals surface area contributed by atoms with Crippen molar-refractivity contribution >= 4 is 23.3 Å². The number of amides is 2. The Morgan fingerprint density at radius 2 is 2.00 bits per heavy atom. The van der Waals surface area contributed by atoms with Crippen molar-refractivity contribution in [1.82, 2.24) is 15.3 Å². The minimum atomic E-state index is -0.398. The molecule has 164 valence electrons. The summed E-state index contributed by atoms with van der Waals surface area (Å²) in [6.45, 7) is 4.57. The van der Waals surface area contributed by atoms with Gasteiger partial charge in [-0.1, -0.05) is 6.07 Å². The molecule has 1 atom stereocenters. The van der Waals surface area contributed by atoms with Crippen molar-refractivity contribution in [3.05, 3.63) is 41.9 Å². The molecule has 0 spiro atoms. The zero-order valence-corrected chi connectivity index (χ0v) is 18.1. The highest BCUT2D eigenvalue weighted by molar-refractivity contribution is 6.00. The van der Waals surface area contributed by atoms with Crippen molar-refractivity contribution in [2.75, 3.05) is 36.5 Å². The average Bonchev–Trinajstić information content (AvgIpc) is 3.19. The number of nitrogens with one attached hydrogen (secondary N) is 1. The zero-order chi connectivity index (χ0) is 21.8. The lowest BCUT2D eigenvalue weighted by Crippen LogP contribution is -2.34. The molecule has 8 heteroatoms. The lowest BCUT2D eigenvalue weighted by molar-refractivity contribution is -0.126. The predicted molar refractivity (Wildman–Crippen MR) is 118 cm³/mol. The minimum absolute atomic E-state index is 0.0624. The van der Waals surface area contributed by atoms with Crippen LogP contribution in [0.4, 0.5) is 11.5 Å². The van der Waals surface area contributed by atoms with Crippen LogP contribution < -0.4 is 19.9 Å². The molecule has 0 aliphatic carbocycles. The van der Waals surface area contributed by atoms with E-state index in [2.05, 4.69) is 20.2 Å². The van der Waals surface area contributed by atoms with Crippen LogP contribution in [-0.2, 0) is 16.1 Å². The molecular formula is C23H29N5O3. The Hall–Kier alpha value is -3.16. The van der Waals surface area contributed by atoms with Gasteiger partial charge in [0.1, 0.15) is 17.4 Å². The highest BCUT2D eigenvalue weighted by atomic mass is 16.5. The topological polar surface area (TPSA) is 87.7 Å². The monoisotopic (exact) mass is 423 g/mol. The summed E-state index contributed by atoms with van der Waals surface area (Å²) < 4.78 is 5.24. The Labute approximate surface area is 182 Å². The molecule has 1 aromatic heterocycles. The number of hydrogen-bond donors (Lipinski definition) is 1. The van der Waals surface area contributed by atoms with Gasteiger partial charge >= 0.3 is 0 Å². The summed E-state index contributed by atoms with van der Waals surface area (Å²) in [4.78, 5) is 38.3. The number of piperidine rings is 1. The van der Waals surface area contributed by atoms with Gasteiger partial charge in [-0.25, -0.2) is 9.97 Å². The number of hydrogen-bond acceptors (Lipinski definition) is 6. The molecule has 1 aromatic carbocycles. The minimum Gasteiger partial charge on any atom is -0.497 e. The van der Waals surface area contributed by atoms with E-state index in [4.69, 9.17) is 4.74 Å². The van der Waals surface area contributed by atoms with Gasteiger partial charge < -0.3 is 19.9 Å². The van der Waals surface area contributed by atoms with E-state index in [1.165, 1.54) is 19.3 Å². The third kappa shape index (κ3) is 4.95. The number of aryl methyl sites for hydroxylation is 1. The molecule has 1 N–H and O–H groups in total. The van der Waals surface area contributed by atoms with E-state index in [1.54, 1.807) is 18.1 Å². The summed E-state index contributed by atoms with van der Waals surface area (Å²) in [6.07, 6.45) is 3.80. The first-order valence-corrected chi connectivity index (χ1v) is 10.8. The fourth-order valence-corrected chi connectivity index (χ4v) is 4.20. The van der Waals surface area contributed by atoms with E-state index >= 15 is 0 Å². The maximum Gasteiger partial charge on any atom is 0.227 e. The summed E-state index contributed by atoms with van der Waals surface area (Å²) in [6, 6.07) is 9.32. The van der Waals surface area contributed by atoms with Gasteiger partial charge in [0.25, 0.3) is 0 Å². The molecule has 8 nitrogen and oxygen atoms in total. The highest BCUT2D eigenvalue weighted by Crippen LogP contribution is 2.28. The Balaban J connectivity index is 1.38. The van der Waals surface area contributed by atoms with Gasteiger partial charge in [0.2, 0.25) is 11.8 Å². The summed E-state index contributed by atoms with van der Waals surface area (Å²) in [5, 5.41) is 2.93. The SMILES string of the molecule is COc1cccc(N2CC(C(=O)NCc3nc(C)cc(N4CCCCC4)n3)CC2=O)c1. The number of methoxy groups -OCH3 is 1. The quantitative estimate of drug-likeness (QED) is 0.768. The number of ether oxygens (including phenoxy) is 1. The Kier molecular flexibility index (Phi) is 6.34. The van der Waals surface area contributed by atoms with Crippen molar-refractivity contribution in [2.45, 2.75) is 39.2 Å². The van der Waals surface area contributed by atoms with Crippen molar-refractivity contribution in [1.29, 1.82) is 0 Å². The Morgan fingerprint density at radius 3 is 2.77 bits per heavy atom. The summed E-state index contributed by atoms with van der Waals surface area (Å²) >= 11 is 0. The van der Waals surface area contributed by atoms with Crippen LogP contribution in [0.1, 0.15) is 37.2 Å². The van der Waals surface area contributed by atoms with E-state index in [1.807, 2.05) is 31.2 Å². The second-order valence-electron chi connectivity index (χ2n) is 8.16. The lowest BCUT2D eigenvalue weighted by Gasteiger charge is -2.28. The van der Waals surface area contributed by atoms with Gasteiger partial charge in [-0.15, -0.1) is 0 Å². The molecule has 0 saturated carbocycles. The number of carbonyl (C=O) groups excluding carboxylic acids is 2. The molecular weight excluding hydrogens is 394 g/mol. The van der Waals surface area contributed by atoms with Crippen LogP contribution in [0.5, 0.6) is 5.75 Å². The first kappa shape index (κ1) is 21.1. The fourth-order valence-electron chi connectivity index (χ4n) is 4.20. The zero-order valence-electron chi connectivity index (χ0n) is 18.1. The van der Waals surface area contributed by atoms with Crippen LogP contribution in [0.15, 0.2) is 30.3 Å². The molecule has 2 aliphatic heterocycles. The third-order valence-electron chi connectivity index (χ3n) is 5.85. The Morgan fingerprint density at radius 1 is 1.19 bits per heavy atom. The van der Waals surface area contributed by atoms with E-state index in [0.29, 0.717) is 18.1 Å². The lowest BCUT2D eigenvalue weighted by atomic mass is 10.1. The average molecular weight is 424 g/mol. The molecule has 1 unspecified atom stereocenters. The van der Waals surface area contributed by atoms with Crippen LogP contribution in [-0.4, -0.2) is 48.5 Å². The summed E-state index contributed by atoms with van der Waals surface area (Å²) in [5.74, 6) is 1.60. The second kappa shape index (κ2) is 9.32. The number of rotatable bonds is 6. The van der Waals surface area contributed by atoms with Gasteiger partial charge in [0.05, 0.1) is 19.6 Å². The summed E-state index contributed by atoms with van der Waals surface area (Å²) in [5.41, 5.74) is 1.63. The van der Waals surface area contributed by atoms with Crippen LogP contribution in [0.25, 0.3) is 0 Å². The van der Waals surface area contributed by atoms with E-state index < -0.39 is 5.92 Å². The molecule has 0 radical (unpaired) electrons. The van der Waals surface area contributed by atoms with Gasteiger partial charge in [-0.2, -0.15) is 0 Å². The molecule has 2 aliphatic rings. The maximum atomic E-state index is 12.8. The number of anilines is 2. The molecule has 3 heterocycles. The van der Waals surface area contributed by atoms with Gasteiger partial charge in [0.15, 0.2) is 0 Å². The first-order valence-electron chi connectivity index (χ1n) is 10.8. The molecule has 2 saturated heterocycles. The van der Waals surface area contributed by atoms with Gasteiger partial charge in [0, 0.05) is 49.6 Å². The van der Waals surface area contributed by atoms with Crippen molar-refractivity contribution in [3.8, 4) is 5.75 Å². The summed E-state index contributed by atoms with van der Waals surface area (Å²) in [7, 11) is 1.59. The van der Waals surface area contributed by atoms with Crippen LogP contribution in [0.2, 0.25) is 0 Å². The third-order valence-corrected chi connectivity index (χ3v) is 5.85. The number of nitrogens with zero attached hydrogens (tertiary/aromatic N) is 4. The number of aromatic nitrogens is 2.